The van der Waals surface area contributed by atoms with Crippen molar-refractivity contribution in [2.45, 2.75) is 6.42 Å². The van der Waals surface area contributed by atoms with Crippen molar-refractivity contribution >= 4 is 17.5 Å². The van der Waals surface area contributed by atoms with Gasteiger partial charge in [0.15, 0.2) is 0 Å². The maximum atomic E-state index is 11.0. The molecule has 0 saturated carbocycles. The lowest BCUT2D eigenvalue weighted by Gasteiger charge is -2.05. The minimum absolute atomic E-state index is 0.223. The summed E-state index contributed by atoms with van der Waals surface area (Å²) in [6.45, 7) is 0.287. The van der Waals surface area contributed by atoms with E-state index in [1.165, 1.54) is 7.11 Å². The molecule has 0 heterocycles. The number of hydroxylamine groups is 1. The highest BCUT2D eigenvalue weighted by Gasteiger charge is 2.00. The number of carbonyl (C=O) groups is 1. The molecule has 1 aromatic carbocycles. The van der Waals surface area contributed by atoms with Crippen molar-refractivity contribution in [3.05, 3.63) is 29.3 Å². The van der Waals surface area contributed by atoms with Crippen LogP contribution in [0.15, 0.2) is 24.3 Å². The number of amides is 1. The van der Waals surface area contributed by atoms with Gasteiger partial charge in [0.2, 0.25) is 5.91 Å². The van der Waals surface area contributed by atoms with Gasteiger partial charge < -0.3 is 4.74 Å². The molecule has 15 heavy (non-hydrogen) atoms. The summed E-state index contributed by atoms with van der Waals surface area (Å²) in [6.07, 6.45) is 0.236. The fourth-order valence-electron chi connectivity index (χ4n) is 0.983. The Kier molecular flexibility index (Phi) is 4.93. The molecule has 0 aliphatic rings. The third kappa shape index (κ3) is 4.67. The average Bonchev–Trinajstić information content (AvgIpc) is 2.18. The lowest BCUT2D eigenvalue weighted by Crippen LogP contribution is -2.23. The largest absolute Gasteiger partial charge is 0.493 e. The highest BCUT2D eigenvalue weighted by molar-refractivity contribution is 6.30. The topological polar surface area (TPSA) is 47.6 Å². The number of rotatable bonds is 5. The van der Waals surface area contributed by atoms with E-state index in [4.69, 9.17) is 16.3 Å². The molecule has 0 radical (unpaired) electrons. The molecule has 82 valence electrons. The van der Waals surface area contributed by atoms with Crippen molar-refractivity contribution < 1.29 is 14.4 Å². The Morgan fingerprint density at radius 1 is 1.53 bits per heavy atom. The van der Waals surface area contributed by atoms with Crippen LogP contribution in [0.4, 0.5) is 0 Å². The van der Waals surface area contributed by atoms with Gasteiger partial charge in [0, 0.05) is 5.02 Å². The lowest BCUT2D eigenvalue weighted by atomic mass is 10.3. The number of nitrogens with one attached hydrogen (secondary N) is 1. The van der Waals surface area contributed by atoms with Gasteiger partial charge in [-0.05, 0) is 18.2 Å². The third-order valence-corrected chi connectivity index (χ3v) is 1.84. The Hall–Kier alpha value is -1.26. The van der Waals surface area contributed by atoms with Gasteiger partial charge in [-0.15, -0.1) is 0 Å². The summed E-state index contributed by atoms with van der Waals surface area (Å²) in [5, 5.41) is 0.605. The van der Waals surface area contributed by atoms with Crippen LogP contribution in [0.3, 0.4) is 0 Å². The summed E-state index contributed by atoms with van der Waals surface area (Å²) in [4.78, 5) is 15.4. The maximum Gasteiger partial charge on any atom is 0.246 e. The van der Waals surface area contributed by atoms with Gasteiger partial charge in [0.1, 0.15) is 5.75 Å². The first-order valence-corrected chi connectivity index (χ1v) is 4.80. The van der Waals surface area contributed by atoms with Crippen molar-refractivity contribution in [1.82, 2.24) is 5.48 Å². The molecular formula is C10H12ClNO3. The van der Waals surface area contributed by atoms with E-state index in [0.29, 0.717) is 10.8 Å². The standard InChI is InChI=1S/C10H12ClNO3/c1-14-12-10(13)5-6-15-9-4-2-3-8(11)7-9/h2-4,7H,5-6H2,1H3,(H,12,13). The molecule has 4 nitrogen and oxygen atoms in total. The van der Waals surface area contributed by atoms with E-state index in [2.05, 4.69) is 10.3 Å². The van der Waals surface area contributed by atoms with Gasteiger partial charge >= 0.3 is 0 Å². The van der Waals surface area contributed by atoms with Crippen molar-refractivity contribution in [3.8, 4) is 5.75 Å². The average molecular weight is 230 g/mol. The van der Waals surface area contributed by atoms with E-state index in [9.17, 15) is 4.79 Å². The number of hydrogen-bond donors (Lipinski definition) is 1. The van der Waals surface area contributed by atoms with E-state index in [-0.39, 0.29) is 18.9 Å². The smallest absolute Gasteiger partial charge is 0.246 e. The molecule has 1 amide bonds. The van der Waals surface area contributed by atoms with Crippen molar-refractivity contribution in [3.63, 3.8) is 0 Å². The normalized spacial score (nSPS) is 9.73. The van der Waals surface area contributed by atoms with Crippen LogP contribution < -0.4 is 10.2 Å². The van der Waals surface area contributed by atoms with Gasteiger partial charge in [-0.3, -0.25) is 9.63 Å². The Morgan fingerprint density at radius 3 is 3.00 bits per heavy atom. The minimum atomic E-state index is -0.223. The molecule has 1 aromatic rings. The Morgan fingerprint density at radius 2 is 2.33 bits per heavy atom. The summed E-state index contributed by atoms with van der Waals surface area (Å²) in [7, 11) is 1.38. The summed E-state index contributed by atoms with van der Waals surface area (Å²) in [5.41, 5.74) is 2.20. The summed E-state index contributed by atoms with van der Waals surface area (Å²) >= 11 is 5.76. The first-order chi connectivity index (χ1) is 7.22. The molecule has 0 aliphatic carbocycles. The number of halogens is 1. The lowest BCUT2D eigenvalue weighted by molar-refractivity contribution is -0.131. The molecule has 0 atom stereocenters. The van der Waals surface area contributed by atoms with Gasteiger partial charge in [-0.25, -0.2) is 5.48 Å². The molecule has 0 saturated heterocycles. The Balaban J connectivity index is 2.28. The van der Waals surface area contributed by atoms with E-state index in [0.717, 1.165) is 0 Å². The molecule has 5 heteroatoms. The summed E-state index contributed by atoms with van der Waals surface area (Å²) in [6, 6.07) is 7.01. The third-order valence-electron chi connectivity index (χ3n) is 1.61. The van der Waals surface area contributed by atoms with E-state index < -0.39 is 0 Å². The zero-order valence-corrected chi connectivity index (χ0v) is 9.08. The number of carbonyl (C=O) groups excluding carboxylic acids is 1. The van der Waals surface area contributed by atoms with E-state index in [1.807, 2.05) is 0 Å². The molecule has 1 N–H and O–H groups in total. The van der Waals surface area contributed by atoms with Crippen LogP contribution in [0.2, 0.25) is 5.02 Å². The summed E-state index contributed by atoms with van der Waals surface area (Å²) in [5.74, 6) is 0.423. The van der Waals surface area contributed by atoms with Crippen LogP contribution in [0.1, 0.15) is 6.42 Å². The van der Waals surface area contributed by atoms with Crippen molar-refractivity contribution in [1.29, 1.82) is 0 Å². The van der Waals surface area contributed by atoms with Crippen LogP contribution in [0, 0.1) is 0 Å². The molecule has 0 fully saturated rings. The van der Waals surface area contributed by atoms with Gasteiger partial charge in [0.25, 0.3) is 0 Å². The SMILES string of the molecule is CONC(=O)CCOc1cccc(Cl)c1. The quantitative estimate of drug-likeness (QED) is 0.783. The Labute approximate surface area is 93.1 Å². The second-order valence-electron chi connectivity index (χ2n) is 2.79. The van der Waals surface area contributed by atoms with Crippen LogP contribution in [0.25, 0.3) is 0 Å². The highest BCUT2D eigenvalue weighted by atomic mass is 35.5. The van der Waals surface area contributed by atoms with Crippen LogP contribution >= 0.6 is 11.6 Å². The predicted octanol–water partition coefficient (Wildman–Crippen LogP) is 1.79. The fourth-order valence-corrected chi connectivity index (χ4v) is 1.16. The monoisotopic (exact) mass is 229 g/mol. The predicted molar refractivity (Wildman–Crippen MR) is 56.7 cm³/mol. The van der Waals surface area contributed by atoms with E-state index in [1.54, 1.807) is 24.3 Å². The van der Waals surface area contributed by atoms with Crippen LogP contribution in [0.5, 0.6) is 5.75 Å². The fraction of sp³-hybridized carbons (Fsp3) is 0.300. The molecule has 0 spiro atoms. The molecule has 0 aromatic heterocycles. The molecule has 1 rings (SSSR count). The van der Waals surface area contributed by atoms with Crippen LogP contribution in [-0.2, 0) is 9.63 Å². The van der Waals surface area contributed by atoms with Gasteiger partial charge in [0.05, 0.1) is 20.1 Å². The highest BCUT2D eigenvalue weighted by Crippen LogP contribution is 2.16. The summed E-state index contributed by atoms with van der Waals surface area (Å²) < 4.78 is 5.30. The first kappa shape index (κ1) is 11.8. The maximum absolute atomic E-state index is 11.0. The molecular weight excluding hydrogens is 218 g/mol. The van der Waals surface area contributed by atoms with Crippen molar-refractivity contribution in [2.24, 2.45) is 0 Å². The zero-order chi connectivity index (χ0) is 11.1. The Bertz CT molecular complexity index is 330. The van der Waals surface area contributed by atoms with Crippen molar-refractivity contribution in [2.75, 3.05) is 13.7 Å². The molecule has 0 aliphatic heterocycles. The molecule has 0 bridgehead atoms. The minimum Gasteiger partial charge on any atom is -0.493 e. The first-order valence-electron chi connectivity index (χ1n) is 4.42. The second kappa shape index (κ2) is 6.27. The number of benzene rings is 1. The van der Waals surface area contributed by atoms with Gasteiger partial charge in [-0.2, -0.15) is 0 Å². The second-order valence-corrected chi connectivity index (χ2v) is 3.22. The number of ether oxygens (including phenoxy) is 1. The van der Waals surface area contributed by atoms with Crippen LogP contribution in [-0.4, -0.2) is 19.6 Å². The molecule has 0 unspecified atom stereocenters. The number of hydrogen-bond acceptors (Lipinski definition) is 3. The zero-order valence-electron chi connectivity index (χ0n) is 8.33. The van der Waals surface area contributed by atoms with E-state index >= 15 is 0 Å². The van der Waals surface area contributed by atoms with Gasteiger partial charge in [-0.1, -0.05) is 17.7 Å².